The molecule has 196 valence electrons. The van der Waals surface area contributed by atoms with Crippen molar-refractivity contribution in [3.63, 3.8) is 0 Å². The van der Waals surface area contributed by atoms with Gasteiger partial charge in [-0.15, -0.1) is 5.10 Å². The van der Waals surface area contributed by atoms with Gasteiger partial charge in [0, 0.05) is 0 Å². The van der Waals surface area contributed by atoms with E-state index < -0.39 is 11.9 Å². The zero-order chi connectivity index (χ0) is 27.3. The van der Waals surface area contributed by atoms with Crippen LogP contribution >= 0.6 is 0 Å². The number of hydrogen-bond donors (Lipinski definition) is 0. The first kappa shape index (κ1) is 24.7. The van der Waals surface area contributed by atoms with E-state index in [9.17, 15) is 14.0 Å². The van der Waals surface area contributed by atoms with Crippen molar-refractivity contribution in [2.24, 2.45) is 5.92 Å². The summed E-state index contributed by atoms with van der Waals surface area (Å²) < 4.78 is 17.8. The van der Waals surface area contributed by atoms with E-state index in [-0.39, 0.29) is 24.3 Å². The third-order valence-corrected chi connectivity index (χ3v) is 7.44. The SMILES string of the molecule is CCC(C)[C@H](c1nc2ccccc2n1Cc1cn(-c2ccccc2F)nn1)N1C(=O)c2ccc(C)cc2C1=O. The minimum Gasteiger partial charge on any atom is -0.320 e. The van der Waals surface area contributed by atoms with Gasteiger partial charge < -0.3 is 4.57 Å². The van der Waals surface area contributed by atoms with Crippen molar-refractivity contribution in [2.45, 2.75) is 39.8 Å². The molecule has 5 aromatic rings. The Morgan fingerprint density at radius 1 is 0.949 bits per heavy atom. The van der Waals surface area contributed by atoms with Crippen LogP contribution in [0.25, 0.3) is 16.7 Å². The fourth-order valence-corrected chi connectivity index (χ4v) is 5.25. The first-order valence-corrected chi connectivity index (χ1v) is 13.0. The minimum atomic E-state index is -0.600. The highest BCUT2D eigenvalue weighted by Crippen LogP contribution is 2.38. The molecule has 2 aromatic heterocycles. The van der Waals surface area contributed by atoms with Crippen molar-refractivity contribution < 1.29 is 14.0 Å². The third kappa shape index (κ3) is 4.10. The number of aryl methyl sites for hydroxylation is 1. The highest BCUT2D eigenvalue weighted by molar-refractivity contribution is 6.21. The van der Waals surface area contributed by atoms with E-state index in [4.69, 9.17) is 4.98 Å². The van der Waals surface area contributed by atoms with Gasteiger partial charge in [0.1, 0.15) is 29.1 Å². The first-order valence-electron chi connectivity index (χ1n) is 13.0. The lowest BCUT2D eigenvalue weighted by Gasteiger charge is -2.31. The second-order valence-electron chi connectivity index (χ2n) is 10.0. The molecule has 3 aromatic carbocycles. The van der Waals surface area contributed by atoms with Gasteiger partial charge in [0.05, 0.1) is 34.9 Å². The Morgan fingerprint density at radius 2 is 1.69 bits per heavy atom. The summed E-state index contributed by atoms with van der Waals surface area (Å²) in [5.41, 5.74) is 4.22. The maximum Gasteiger partial charge on any atom is 0.262 e. The van der Waals surface area contributed by atoms with Crippen LogP contribution < -0.4 is 0 Å². The predicted molar refractivity (Wildman–Crippen MR) is 144 cm³/mol. The van der Waals surface area contributed by atoms with E-state index in [1.54, 1.807) is 36.5 Å². The van der Waals surface area contributed by atoms with Crippen molar-refractivity contribution in [1.82, 2.24) is 29.4 Å². The summed E-state index contributed by atoms with van der Waals surface area (Å²) in [6, 6.07) is 18.8. The molecule has 0 aliphatic carbocycles. The quantitative estimate of drug-likeness (QED) is 0.264. The average molecular weight is 523 g/mol. The summed E-state index contributed by atoms with van der Waals surface area (Å²) in [6.07, 6.45) is 2.41. The maximum atomic E-state index is 14.4. The molecule has 0 fully saturated rings. The highest BCUT2D eigenvalue weighted by Gasteiger charge is 2.44. The highest BCUT2D eigenvalue weighted by atomic mass is 19.1. The zero-order valence-electron chi connectivity index (χ0n) is 21.9. The summed E-state index contributed by atoms with van der Waals surface area (Å²) in [7, 11) is 0. The number of imidazole rings is 1. The van der Waals surface area contributed by atoms with E-state index >= 15 is 0 Å². The summed E-state index contributed by atoms with van der Waals surface area (Å²) in [5, 5.41) is 8.45. The molecule has 2 amide bonds. The molecule has 1 unspecified atom stereocenters. The van der Waals surface area contributed by atoms with Crippen molar-refractivity contribution in [1.29, 1.82) is 0 Å². The molecular formula is C30H27FN6O2. The summed E-state index contributed by atoms with van der Waals surface area (Å²) in [4.78, 5) is 33.6. The minimum absolute atomic E-state index is 0.0713. The largest absolute Gasteiger partial charge is 0.320 e. The zero-order valence-corrected chi connectivity index (χ0v) is 21.9. The van der Waals surface area contributed by atoms with E-state index in [1.807, 2.05) is 55.7 Å². The molecule has 1 aliphatic rings. The number of halogens is 1. The van der Waals surface area contributed by atoms with Gasteiger partial charge in [-0.2, -0.15) is 0 Å². The number of benzene rings is 3. The van der Waals surface area contributed by atoms with Gasteiger partial charge in [-0.25, -0.2) is 14.1 Å². The molecule has 6 rings (SSSR count). The number of nitrogens with zero attached hydrogens (tertiary/aromatic N) is 6. The van der Waals surface area contributed by atoms with Crippen LogP contribution in [-0.4, -0.2) is 41.3 Å². The van der Waals surface area contributed by atoms with Gasteiger partial charge in [-0.3, -0.25) is 14.5 Å². The van der Waals surface area contributed by atoms with Crippen molar-refractivity contribution in [2.75, 3.05) is 0 Å². The lowest BCUT2D eigenvalue weighted by atomic mass is 9.96. The van der Waals surface area contributed by atoms with Crippen LogP contribution in [0.3, 0.4) is 0 Å². The number of fused-ring (bicyclic) bond motifs is 2. The molecule has 2 atom stereocenters. The van der Waals surface area contributed by atoms with Crippen LogP contribution in [0.5, 0.6) is 0 Å². The Kier molecular flexibility index (Phi) is 6.06. The number of aromatic nitrogens is 5. The first-order chi connectivity index (χ1) is 18.9. The van der Waals surface area contributed by atoms with Crippen LogP contribution in [0.4, 0.5) is 4.39 Å². The number of imide groups is 1. The average Bonchev–Trinajstić information content (AvgIpc) is 3.61. The van der Waals surface area contributed by atoms with Crippen LogP contribution in [0, 0.1) is 18.7 Å². The van der Waals surface area contributed by atoms with E-state index in [0.29, 0.717) is 28.3 Å². The Hall–Kier alpha value is -4.66. The summed E-state index contributed by atoms with van der Waals surface area (Å²) in [5.74, 6) is -0.506. The normalized spacial score (nSPS) is 14.7. The Bertz CT molecular complexity index is 1740. The van der Waals surface area contributed by atoms with Crippen LogP contribution in [0.15, 0.2) is 72.9 Å². The smallest absolute Gasteiger partial charge is 0.262 e. The molecule has 1 aliphatic heterocycles. The summed E-state index contributed by atoms with van der Waals surface area (Å²) >= 11 is 0. The second-order valence-corrected chi connectivity index (χ2v) is 10.0. The molecule has 0 bridgehead atoms. The van der Waals surface area contributed by atoms with Crippen molar-refractivity contribution in [3.8, 4) is 5.69 Å². The molecule has 0 spiro atoms. The second kappa shape index (κ2) is 9.58. The number of hydrogen-bond acceptors (Lipinski definition) is 5. The number of rotatable bonds is 7. The monoisotopic (exact) mass is 522 g/mol. The van der Waals surface area contributed by atoms with E-state index in [1.165, 1.54) is 15.6 Å². The van der Waals surface area contributed by atoms with Gasteiger partial charge in [-0.05, 0) is 49.2 Å². The Balaban J connectivity index is 1.46. The third-order valence-electron chi connectivity index (χ3n) is 7.44. The standard InChI is InChI=1S/C30H27FN6O2/c1-4-19(3)27(37-29(38)21-14-13-18(2)15-22(21)30(37)39)28-32-24-10-6-8-12-26(24)35(28)16-20-17-36(34-33-20)25-11-7-5-9-23(25)31/h5-15,17,19,27H,4,16H2,1-3H3/t19?,27-/m1/s1. The van der Waals surface area contributed by atoms with Gasteiger partial charge in [0.2, 0.25) is 0 Å². The molecule has 0 saturated carbocycles. The molecule has 9 heteroatoms. The molecule has 0 N–H and O–H groups in total. The van der Waals surface area contributed by atoms with Gasteiger partial charge in [-0.1, -0.05) is 61.4 Å². The number of para-hydroxylation sites is 3. The van der Waals surface area contributed by atoms with Crippen molar-refractivity contribution >= 4 is 22.8 Å². The van der Waals surface area contributed by atoms with Gasteiger partial charge in [0.25, 0.3) is 11.8 Å². The van der Waals surface area contributed by atoms with Crippen LogP contribution in [0.1, 0.15) is 64.1 Å². The van der Waals surface area contributed by atoms with Gasteiger partial charge >= 0.3 is 0 Å². The number of amides is 2. The number of carbonyl (C=O) groups is 2. The molecule has 3 heterocycles. The van der Waals surface area contributed by atoms with E-state index in [0.717, 1.165) is 23.0 Å². The molecule has 0 radical (unpaired) electrons. The van der Waals surface area contributed by atoms with Crippen LogP contribution in [0.2, 0.25) is 0 Å². The lowest BCUT2D eigenvalue weighted by Crippen LogP contribution is -2.39. The topological polar surface area (TPSA) is 85.9 Å². The number of carbonyl (C=O) groups excluding carboxylic acids is 2. The molecule has 8 nitrogen and oxygen atoms in total. The summed E-state index contributed by atoms with van der Waals surface area (Å²) in [6.45, 7) is 6.24. The van der Waals surface area contributed by atoms with Crippen molar-refractivity contribution in [3.05, 3.63) is 107 Å². The molecular weight excluding hydrogens is 495 g/mol. The van der Waals surface area contributed by atoms with E-state index in [2.05, 4.69) is 10.3 Å². The Labute approximate surface area is 224 Å². The fourth-order valence-electron chi connectivity index (χ4n) is 5.25. The fraction of sp³-hybridized carbons (Fsp3) is 0.233. The predicted octanol–water partition coefficient (Wildman–Crippen LogP) is 5.50. The van der Waals surface area contributed by atoms with Crippen LogP contribution in [-0.2, 0) is 6.54 Å². The Morgan fingerprint density at radius 3 is 2.49 bits per heavy atom. The molecule has 39 heavy (non-hydrogen) atoms. The maximum absolute atomic E-state index is 14.4. The van der Waals surface area contributed by atoms with Gasteiger partial charge in [0.15, 0.2) is 0 Å². The molecule has 0 saturated heterocycles. The lowest BCUT2D eigenvalue weighted by molar-refractivity contribution is 0.0514.